The average molecular weight is 406 g/mol. The first kappa shape index (κ1) is 16.7. The second-order valence-corrected chi connectivity index (χ2v) is 6.55. The molecular formula is C18H14BrClN2O2. The number of aromatic nitrogens is 1. The number of nitrogens with one attached hydrogen (secondary N) is 1. The molecule has 4 nitrogen and oxygen atoms in total. The Labute approximate surface area is 152 Å². The Bertz CT molecular complexity index is 897. The van der Waals surface area contributed by atoms with Crippen molar-refractivity contribution in [1.29, 1.82) is 0 Å². The molecule has 3 rings (SSSR count). The summed E-state index contributed by atoms with van der Waals surface area (Å²) in [6.45, 7) is 0. The van der Waals surface area contributed by atoms with Crippen LogP contribution in [0.15, 0.2) is 53.1 Å². The largest absolute Gasteiger partial charge is 0.496 e. The second-order valence-electron chi connectivity index (χ2n) is 5.20. The van der Waals surface area contributed by atoms with Crippen molar-refractivity contribution in [2.75, 3.05) is 12.4 Å². The van der Waals surface area contributed by atoms with Crippen molar-refractivity contribution in [2.45, 2.75) is 6.42 Å². The molecule has 122 valence electrons. The van der Waals surface area contributed by atoms with Gasteiger partial charge in [0.05, 0.1) is 18.6 Å². The lowest BCUT2D eigenvalue weighted by Gasteiger charge is -2.12. The fourth-order valence-electron chi connectivity index (χ4n) is 2.52. The van der Waals surface area contributed by atoms with Gasteiger partial charge in [-0.05, 0) is 41.1 Å². The van der Waals surface area contributed by atoms with Gasteiger partial charge in [-0.1, -0.05) is 39.7 Å². The molecule has 1 N–H and O–H groups in total. The number of methoxy groups -OCH3 is 1. The predicted molar refractivity (Wildman–Crippen MR) is 99.8 cm³/mol. The first-order valence-corrected chi connectivity index (χ1v) is 8.40. The Morgan fingerprint density at radius 3 is 2.79 bits per heavy atom. The maximum Gasteiger partial charge on any atom is 0.230 e. The first-order chi connectivity index (χ1) is 11.6. The fourth-order valence-corrected chi connectivity index (χ4v) is 3.01. The van der Waals surface area contributed by atoms with Gasteiger partial charge in [0, 0.05) is 16.2 Å². The van der Waals surface area contributed by atoms with Crippen molar-refractivity contribution in [2.24, 2.45) is 0 Å². The quantitative estimate of drug-likeness (QED) is 0.675. The normalized spacial score (nSPS) is 10.6. The van der Waals surface area contributed by atoms with Crippen LogP contribution in [0.3, 0.4) is 0 Å². The molecule has 1 heterocycles. The SMILES string of the molecule is COc1ccc2cc(Br)ccc2c1CC(=O)Nc1ccc(Cl)cn1. The summed E-state index contributed by atoms with van der Waals surface area (Å²) in [6.07, 6.45) is 1.68. The molecular weight excluding hydrogens is 392 g/mol. The summed E-state index contributed by atoms with van der Waals surface area (Å²) in [4.78, 5) is 16.5. The molecule has 0 aliphatic carbocycles. The van der Waals surface area contributed by atoms with Crippen LogP contribution in [0.25, 0.3) is 10.8 Å². The highest BCUT2D eigenvalue weighted by Crippen LogP contribution is 2.30. The third-order valence-corrected chi connectivity index (χ3v) is 4.32. The highest BCUT2D eigenvalue weighted by Gasteiger charge is 2.13. The monoisotopic (exact) mass is 404 g/mol. The topological polar surface area (TPSA) is 51.2 Å². The number of anilines is 1. The van der Waals surface area contributed by atoms with E-state index in [1.54, 1.807) is 19.2 Å². The van der Waals surface area contributed by atoms with Gasteiger partial charge in [0.15, 0.2) is 0 Å². The average Bonchev–Trinajstić information content (AvgIpc) is 2.57. The Morgan fingerprint density at radius 1 is 1.25 bits per heavy atom. The van der Waals surface area contributed by atoms with Gasteiger partial charge in [-0.2, -0.15) is 0 Å². The highest BCUT2D eigenvalue weighted by atomic mass is 79.9. The van der Waals surface area contributed by atoms with Gasteiger partial charge in [0.2, 0.25) is 5.91 Å². The van der Waals surface area contributed by atoms with Crippen molar-refractivity contribution in [3.63, 3.8) is 0 Å². The summed E-state index contributed by atoms with van der Waals surface area (Å²) >= 11 is 9.26. The lowest BCUT2D eigenvalue weighted by Crippen LogP contribution is -2.16. The summed E-state index contributed by atoms with van der Waals surface area (Å²) in [7, 11) is 1.60. The number of amides is 1. The molecule has 0 saturated carbocycles. The van der Waals surface area contributed by atoms with Crippen molar-refractivity contribution in [3.8, 4) is 5.75 Å². The predicted octanol–water partition coefficient (Wildman–Crippen LogP) is 4.84. The van der Waals surface area contributed by atoms with Crippen molar-refractivity contribution < 1.29 is 9.53 Å². The summed E-state index contributed by atoms with van der Waals surface area (Å²) < 4.78 is 6.41. The van der Waals surface area contributed by atoms with Gasteiger partial charge in [-0.25, -0.2) is 4.98 Å². The number of benzene rings is 2. The van der Waals surface area contributed by atoms with E-state index in [1.807, 2.05) is 30.3 Å². The Morgan fingerprint density at radius 2 is 2.08 bits per heavy atom. The number of halogens is 2. The van der Waals surface area contributed by atoms with Gasteiger partial charge >= 0.3 is 0 Å². The number of hydrogen-bond acceptors (Lipinski definition) is 3. The molecule has 6 heteroatoms. The number of rotatable bonds is 4. The molecule has 0 fully saturated rings. The minimum absolute atomic E-state index is 0.168. The van der Waals surface area contributed by atoms with Crippen LogP contribution < -0.4 is 10.1 Å². The molecule has 2 aromatic carbocycles. The fraction of sp³-hybridized carbons (Fsp3) is 0.111. The van der Waals surface area contributed by atoms with Crippen LogP contribution in [0, 0.1) is 0 Å². The first-order valence-electron chi connectivity index (χ1n) is 7.23. The number of carbonyl (C=O) groups excluding carboxylic acids is 1. The second kappa shape index (κ2) is 7.20. The molecule has 0 saturated heterocycles. The van der Waals surface area contributed by atoms with Gasteiger partial charge in [-0.15, -0.1) is 0 Å². The van der Waals surface area contributed by atoms with Crippen molar-refractivity contribution in [1.82, 2.24) is 4.98 Å². The van der Waals surface area contributed by atoms with Crippen LogP contribution in [0.2, 0.25) is 5.02 Å². The maximum absolute atomic E-state index is 12.4. The zero-order valence-corrected chi connectivity index (χ0v) is 15.2. The van der Waals surface area contributed by atoms with Crippen molar-refractivity contribution in [3.05, 3.63) is 63.7 Å². The molecule has 0 atom stereocenters. The molecule has 0 aliphatic rings. The zero-order valence-electron chi connectivity index (χ0n) is 12.8. The molecule has 24 heavy (non-hydrogen) atoms. The molecule has 0 radical (unpaired) electrons. The van der Waals surface area contributed by atoms with Crippen LogP contribution in [-0.4, -0.2) is 18.0 Å². The van der Waals surface area contributed by atoms with Crippen LogP contribution in [0.4, 0.5) is 5.82 Å². The minimum Gasteiger partial charge on any atom is -0.496 e. The summed E-state index contributed by atoms with van der Waals surface area (Å²) in [5.41, 5.74) is 0.842. The third kappa shape index (κ3) is 3.68. The molecule has 0 spiro atoms. The van der Waals surface area contributed by atoms with E-state index in [0.717, 1.165) is 20.8 Å². The lowest BCUT2D eigenvalue weighted by atomic mass is 10.0. The van der Waals surface area contributed by atoms with E-state index in [4.69, 9.17) is 16.3 Å². The van der Waals surface area contributed by atoms with E-state index < -0.39 is 0 Å². The van der Waals surface area contributed by atoms with Crippen LogP contribution in [0.1, 0.15) is 5.56 Å². The van der Waals surface area contributed by atoms with Crippen LogP contribution >= 0.6 is 27.5 Å². The number of nitrogens with zero attached hydrogens (tertiary/aromatic N) is 1. The van der Waals surface area contributed by atoms with E-state index in [1.165, 1.54) is 6.20 Å². The summed E-state index contributed by atoms with van der Waals surface area (Å²) in [5, 5.41) is 5.32. The van der Waals surface area contributed by atoms with Crippen LogP contribution in [-0.2, 0) is 11.2 Å². The van der Waals surface area contributed by atoms with Crippen molar-refractivity contribution >= 4 is 50.0 Å². The van der Waals surface area contributed by atoms with E-state index in [-0.39, 0.29) is 12.3 Å². The molecule has 3 aromatic rings. The number of pyridine rings is 1. The molecule has 0 unspecified atom stereocenters. The molecule has 1 aromatic heterocycles. The number of fused-ring (bicyclic) bond motifs is 1. The number of carbonyl (C=O) groups is 1. The smallest absolute Gasteiger partial charge is 0.230 e. The highest BCUT2D eigenvalue weighted by molar-refractivity contribution is 9.10. The van der Waals surface area contributed by atoms with Gasteiger partial charge in [0.1, 0.15) is 11.6 Å². The van der Waals surface area contributed by atoms with E-state index in [9.17, 15) is 4.79 Å². The Balaban J connectivity index is 1.90. The Kier molecular flexibility index (Phi) is 5.02. The van der Waals surface area contributed by atoms with Crippen LogP contribution in [0.5, 0.6) is 5.75 Å². The Hall–Kier alpha value is -2.11. The van der Waals surface area contributed by atoms with E-state index >= 15 is 0 Å². The maximum atomic E-state index is 12.4. The summed E-state index contributed by atoms with van der Waals surface area (Å²) in [6, 6.07) is 13.1. The zero-order chi connectivity index (χ0) is 17.1. The van der Waals surface area contributed by atoms with Gasteiger partial charge in [0.25, 0.3) is 0 Å². The lowest BCUT2D eigenvalue weighted by molar-refractivity contribution is -0.115. The van der Waals surface area contributed by atoms with Gasteiger partial charge < -0.3 is 10.1 Å². The summed E-state index contributed by atoms with van der Waals surface area (Å²) in [5.74, 6) is 0.980. The molecule has 0 bridgehead atoms. The number of ether oxygens (including phenoxy) is 1. The molecule has 0 aliphatic heterocycles. The number of hydrogen-bond donors (Lipinski definition) is 1. The minimum atomic E-state index is -0.168. The van der Waals surface area contributed by atoms with E-state index in [2.05, 4.69) is 26.2 Å². The standard InChI is InChI=1S/C18H14BrClN2O2/c1-24-16-6-2-11-8-12(19)3-5-14(11)15(16)9-18(23)22-17-7-4-13(20)10-21-17/h2-8,10H,9H2,1H3,(H,21,22,23). The van der Waals surface area contributed by atoms with Gasteiger partial charge in [-0.3, -0.25) is 4.79 Å². The van der Waals surface area contributed by atoms with E-state index in [0.29, 0.717) is 16.6 Å². The molecule has 1 amide bonds. The third-order valence-electron chi connectivity index (χ3n) is 3.60.